The van der Waals surface area contributed by atoms with E-state index in [0.29, 0.717) is 0 Å². The highest BCUT2D eigenvalue weighted by Crippen LogP contribution is 1.98. The van der Waals surface area contributed by atoms with E-state index in [4.69, 9.17) is 4.74 Å². The number of unbranched alkanes of at least 4 members (excludes halogenated alkanes) is 1. The van der Waals surface area contributed by atoms with Gasteiger partial charge >= 0.3 is 0 Å². The molecule has 0 amide bonds. The summed E-state index contributed by atoms with van der Waals surface area (Å²) in [5, 5.41) is 0. The molecule has 0 radical (unpaired) electrons. The van der Waals surface area contributed by atoms with Gasteiger partial charge in [-0.2, -0.15) is 0 Å². The number of methoxy groups -OCH3 is 1. The van der Waals surface area contributed by atoms with Crippen molar-refractivity contribution >= 4 is 0 Å². The number of nitrogens with zero attached hydrogens (tertiary/aromatic N) is 1. The van der Waals surface area contributed by atoms with Crippen molar-refractivity contribution in [2.45, 2.75) is 40.5 Å². The van der Waals surface area contributed by atoms with Crippen LogP contribution in [0, 0.1) is 0 Å². The molecule has 2 heteroatoms. The summed E-state index contributed by atoms with van der Waals surface area (Å²) in [6, 6.07) is 0. The molecule has 0 bridgehead atoms. The Balaban J connectivity index is -0.000000213. The van der Waals surface area contributed by atoms with Crippen LogP contribution >= 0.6 is 0 Å². The summed E-state index contributed by atoms with van der Waals surface area (Å²) >= 11 is 0. The van der Waals surface area contributed by atoms with Crippen LogP contribution in [0.4, 0.5) is 0 Å². The first-order valence-corrected chi connectivity index (χ1v) is 6.29. The molecule has 0 N–H and O–H groups in total. The fourth-order valence-corrected chi connectivity index (χ4v) is 0.716. The summed E-state index contributed by atoms with van der Waals surface area (Å²) in [6.45, 7) is 16.4. The molecule has 0 aliphatic heterocycles. The molecule has 0 aliphatic carbocycles. The van der Waals surface area contributed by atoms with E-state index >= 15 is 0 Å². The fraction of sp³-hybridized carbons (Fsp3) is 0.600. The molecule has 0 heterocycles. The largest absolute Gasteiger partial charge is 0.385 e. The zero-order valence-electron chi connectivity index (χ0n) is 12.6. The minimum Gasteiger partial charge on any atom is -0.385 e. The van der Waals surface area contributed by atoms with Crippen molar-refractivity contribution in [2.24, 2.45) is 0 Å². The quantitative estimate of drug-likeness (QED) is 0.497. The predicted molar refractivity (Wildman–Crippen MR) is 80.0 cm³/mol. The lowest BCUT2D eigenvalue weighted by Crippen LogP contribution is -2.05. The second kappa shape index (κ2) is 20.4. The van der Waals surface area contributed by atoms with Crippen molar-refractivity contribution in [1.82, 2.24) is 4.90 Å². The first-order chi connectivity index (χ1) is 8.13. The Morgan fingerprint density at radius 3 is 2.12 bits per heavy atom. The zero-order valence-corrected chi connectivity index (χ0v) is 12.6. The SMILES string of the molecule is C=CN(C)C(=C)/C=C\C.CC.CCCCOC. The van der Waals surface area contributed by atoms with Crippen LogP contribution in [-0.2, 0) is 4.74 Å². The summed E-state index contributed by atoms with van der Waals surface area (Å²) in [6.07, 6.45) is 8.02. The van der Waals surface area contributed by atoms with Gasteiger partial charge in [-0.05, 0) is 25.6 Å². The molecule has 0 fully saturated rings. The van der Waals surface area contributed by atoms with E-state index in [-0.39, 0.29) is 0 Å². The van der Waals surface area contributed by atoms with Crippen molar-refractivity contribution in [3.63, 3.8) is 0 Å². The highest BCUT2D eigenvalue weighted by Gasteiger charge is 1.87. The van der Waals surface area contributed by atoms with E-state index < -0.39 is 0 Å². The lowest BCUT2D eigenvalue weighted by Gasteiger charge is -2.11. The van der Waals surface area contributed by atoms with E-state index in [2.05, 4.69) is 20.1 Å². The van der Waals surface area contributed by atoms with Crippen molar-refractivity contribution in [1.29, 1.82) is 0 Å². The maximum Gasteiger partial charge on any atom is 0.0462 e. The van der Waals surface area contributed by atoms with E-state index in [9.17, 15) is 0 Å². The Hall–Kier alpha value is -1.02. The number of hydrogen-bond donors (Lipinski definition) is 0. The molecule has 0 aromatic heterocycles. The average molecular weight is 241 g/mol. The molecule has 102 valence electrons. The van der Waals surface area contributed by atoms with Gasteiger partial charge in [0.25, 0.3) is 0 Å². The van der Waals surface area contributed by atoms with E-state index in [0.717, 1.165) is 12.3 Å². The van der Waals surface area contributed by atoms with Gasteiger partial charge in [0.05, 0.1) is 0 Å². The smallest absolute Gasteiger partial charge is 0.0462 e. The predicted octanol–water partition coefficient (Wildman–Crippen LogP) is 4.61. The number of likely N-dealkylation sites (N-methyl/N-ethyl adjacent to an activating group) is 1. The molecule has 0 unspecified atom stereocenters. The summed E-state index contributed by atoms with van der Waals surface area (Å²) in [7, 11) is 3.64. The van der Waals surface area contributed by atoms with Crippen LogP contribution in [0.2, 0.25) is 0 Å². The molecule has 0 aliphatic rings. The van der Waals surface area contributed by atoms with Gasteiger partial charge in [-0.1, -0.05) is 46.4 Å². The Morgan fingerprint density at radius 2 is 1.88 bits per heavy atom. The van der Waals surface area contributed by atoms with Gasteiger partial charge < -0.3 is 9.64 Å². The summed E-state index contributed by atoms with van der Waals surface area (Å²) in [4.78, 5) is 1.86. The normalized spacial score (nSPS) is 8.59. The van der Waals surface area contributed by atoms with Gasteiger partial charge in [0.15, 0.2) is 0 Å². The maximum absolute atomic E-state index is 4.78. The van der Waals surface area contributed by atoms with Crippen LogP contribution < -0.4 is 0 Å². The molecule has 2 nitrogen and oxygen atoms in total. The molecule has 0 atom stereocenters. The monoisotopic (exact) mass is 241 g/mol. The molecule has 0 aromatic rings. The van der Waals surface area contributed by atoms with Crippen LogP contribution in [0.5, 0.6) is 0 Å². The Bertz CT molecular complexity index is 181. The molecule has 0 aromatic carbocycles. The number of rotatable bonds is 6. The van der Waals surface area contributed by atoms with Gasteiger partial charge in [0.1, 0.15) is 0 Å². The van der Waals surface area contributed by atoms with E-state index in [1.165, 1.54) is 12.8 Å². The van der Waals surface area contributed by atoms with Crippen molar-refractivity contribution < 1.29 is 4.74 Å². The minimum absolute atomic E-state index is 0.913. The highest BCUT2D eigenvalue weighted by molar-refractivity contribution is 5.13. The highest BCUT2D eigenvalue weighted by atomic mass is 16.5. The van der Waals surface area contributed by atoms with Gasteiger partial charge in [0, 0.05) is 26.5 Å². The maximum atomic E-state index is 4.78. The van der Waals surface area contributed by atoms with Crippen LogP contribution in [0.1, 0.15) is 40.5 Å². The first-order valence-electron chi connectivity index (χ1n) is 6.29. The summed E-state index contributed by atoms with van der Waals surface area (Å²) in [5.41, 5.74) is 0.951. The topological polar surface area (TPSA) is 12.5 Å². The van der Waals surface area contributed by atoms with Crippen LogP contribution in [0.3, 0.4) is 0 Å². The van der Waals surface area contributed by atoms with Crippen molar-refractivity contribution in [2.75, 3.05) is 20.8 Å². The third-order valence-corrected chi connectivity index (χ3v) is 1.79. The van der Waals surface area contributed by atoms with Crippen molar-refractivity contribution in [3.8, 4) is 0 Å². The van der Waals surface area contributed by atoms with E-state index in [1.54, 1.807) is 13.3 Å². The standard InChI is InChI=1S/C8H13N.C5H12O.C2H6/c1-5-7-8(3)9(4)6-2;1-3-4-5-6-2;1-2/h5-7H,2-3H2,1,4H3;3-5H2,1-2H3;1-2H3/b7-5-;;. The molecular weight excluding hydrogens is 210 g/mol. The van der Waals surface area contributed by atoms with Crippen LogP contribution in [0.15, 0.2) is 37.2 Å². The lowest BCUT2D eigenvalue weighted by atomic mass is 10.4. The van der Waals surface area contributed by atoms with Gasteiger partial charge in [-0.3, -0.25) is 0 Å². The van der Waals surface area contributed by atoms with Gasteiger partial charge in [-0.25, -0.2) is 0 Å². The minimum atomic E-state index is 0.913. The lowest BCUT2D eigenvalue weighted by molar-refractivity contribution is 0.194. The molecule has 0 spiro atoms. The number of hydrogen-bond acceptors (Lipinski definition) is 2. The fourth-order valence-electron chi connectivity index (χ4n) is 0.716. The Kier molecular flexibility index (Phi) is 25.5. The third-order valence-electron chi connectivity index (χ3n) is 1.79. The average Bonchev–Trinajstić information content (AvgIpc) is 2.38. The van der Waals surface area contributed by atoms with Gasteiger partial charge in [0.2, 0.25) is 0 Å². The van der Waals surface area contributed by atoms with Crippen molar-refractivity contribution in [3.05, 3.63) is 37.2 Å². The Labute approximate surface area is 109 Å². The zero-order chi connectivity index (χ0) is 14.1. The third kappa shape index (κ3) is 20.9. The Morgan fingerprint density at radius 1 is 1.35 bits per heavy atom. The molecule has 0 saturated heterocycles. The molecule has 17 heavy (non-hydrogen) atoms. The molecule has 0 rings (SSSR count). The summed E-state index contributed by atoms with van der Waals surface area (Å²) < 4.78 is 4.78. The number of ether oxygens (including phenoxy) is 1. The van der Waals surface area contributed by atoms with Crippen LogP contribution in [-0.4, -0.2) is 25.7 Å². The molecule has 0 saturated carbocycles. The number of allylic oxidation sites excluding steroid dienone is 2. The van der Waals surface area contributed by atoms with Crippen LogP contribution in [0.25, 0.3) is 0 Å². The second-order valence-corrected chi connectivity index (χ2v) is 3.13. The second-order valence-electron chi connectivity index (χ2n) is 3.13. The first kappa shape index (κ1) is 21.3. The van der Waals surface area contributed by atoms with E-state index in [1.807, 2.05) is 44.9 Å². The van der Waals surface area contributed by atoms with Gasteiger partial charge in [-0.15, -0.1) is 0 Å². The molecular formula is C15H31NO. The summed E-state index contributed by atoms with van der Waals surface area (Å²) in [5.74, 6) is 0.